The van der Waals surface area contributed by atoms with Gasteiger partial charge in [-0.15, -0.1) is 0 Å². The molecule has 0 bridgehead atoms. The molecular formula is C26H24ClNO2. The van der Waals surface area contributed by atoms with Crippen molar-refractivity contribution < 1.29 is 9.84 Å². The highest BCUT2D eigenvalue weighted by Gasteiger charge is 2.12. The smallest absolute Gasteiger partial charge is 0.124 e. The Bertz CT molecular complexity index is 1110. The molecule has 4 heteroatoms. The average Bonchev–Trinajstić information content (AvgIpc) is 2.79. The van der Waals surface area contributed by atoms with Crippen molar-refractivity contribution in [3.63, 3.8) is 0 Å². The molecule has 0 saturated heterocycles. The predicted molar refractivity (Wildman–Crippen MR) is 123 cm³/mol. The van der Waals surface area contributed by atoms with Crippen molar-refractivity contribution in [2.24, 2.45) is 0 Å². The van der Waals surface area contributed by atoms with Crippen LogP contribution >= 0.6 is 11.6 Å². The van der Waals surface area contributed by atoms with Crippen LogP contribution in [-0.4, -0.2) is 11.7 Å². The third kappa shape index (κ3) is 4.82. The Labute approximate surface area is 181 Å². The zero-order chi connectivity index (χ0) is 20.8. The SMILES string of the molecule is O[C@H](CNCc1c(OCc2ccccc2Cl)ccc2ccccc12)c1ccccc1. The highest BCUT2D eigenvalue weighted by Crippen LogP contribution is 2.29. The summed E-state index contributed by atoms with van der Waals surface area (Å²) in [6, 6.07) is 29.7. The number of nitrogens with one attached hydrogen (secondary N) is 1. The van der Waals surface area contributed by atoms with E-state index in [1.54, 1.807) is 0 Å². The summed E-state index contributed by atoms with van der Waals surface area (Å²) in [4.78, 5) is 0. The maximum Gasteiger partial charge on any atom is 0.124 e. The van der Waals surface area contributed by atoms with E-state index in [0.717, 1.165) is 33.2 Å². The fourth-order valence-corrected chi connectivity index (χ4v) is 3.72. The van der Waals surface area contributed by atoms with E-state index in [4.69, 9.17) is 16.3 Å². The van der Waals surface area contributed by atoms with Gasteiger partial charge in [0.25, 0.3) is 0 Å². The van der Waals surface area contributed by atoms with Crippen LogP contribution in [0.2, 0.25) is 5.02 Å². The molecule has 0 amide bonds. The van der Waals surface area contributed by atoms with Crippen molar-refractivity contribution in [1.29, 1.82) is 0 Å². The van der Waals surface area contributed by atoms with Gasteiger partial charge in [0.2, 0.25) is 0 Å². The molecule has 0 unspecified atom stereocenters. The van der Waals surface area contributed by atoms with Crippen LogP contribution in [0.3, 0.4) is 0 Å². The second-order valence-electron chi connectivity index (χ2n) is 7.20. The number of aliphatic hydroxyl groups is 1. The minimum Gasteiger partial charge on any atom is -0.488 e. The van der Waals surface area contributed by atoms with Crippen molar-refractivity contribution in [2.75, 3.05) is 6.54 Å². The summed E-state index contributed by atoms with van der Waals surface area (Å²) in [6.07, 6.45) is -0.561. The lowest BCUT2D eigenvalue weighted by Crippen LogP contribution is -2.21. The lowest BCUT2D eigenvalue weighted by Gasteiger charge is -2.17. The van der Waals surface area contributed by atoms with Gasteiger partial charge in [-0.2, -0.15) is 0 Å². The first-order chi connectivity index (χ1) is 14.7. The number of fused-ring (bicyclic) bond motifs is 1. The van der Waals surface area contributed by atoms with E-state index in [-0.39, 0.29) is 0 Å². The van der Waals surface area contributed by atoms with Crippen molar-refractivity contribution in [2.45, 2.75) is 19.3 Å². The van der Waals surface area contributed by atoms with Gasteiger partial charge in [0.05, 0.1) is 6.10 Å². The molecule has 3 nitrogen and oxygen atoms in total. The summed E-state index contributed by atoms with van der Waals surface area (Å²) in [6.45, 7) is 1.44. The summed E-state index contributed by atoms with van der Waals surface area (Å²) in [7, 11) is 0. The fraction of sp³-hybridized carbons (Fsp3) is 0.154. The molecule has 0 aromatic heterocycles. The van der Waals surface area contributed by atoms with E-state index in [9.17, 15) is 5.11 Å². The van der Waals surface area contributed by atoms with Crippen molar-refractivity contribution in [3.8, 4) is 5.75 Å². The van der Waals surface area contributed by atoms with Gasteiger partial charge in [0, 0.05) is 29.2 Å². The maximum absolute atomic E-state index is 10.5. The van der Waals surface area contributed by atoms with Crippen LogP contribution in [-0.2, 0) is 13.2 Å². The van der Waals surface area contributed by atoms with Gasteiger partial charge in [-0.25, -0.2) is 0 Å². The molecule has 0 spiro atoms. The van der Waals surface area contributed by atoms with Crippen LogP contribution in [0, 0.1) is 0 Å². The predicted octanol–water partition coefficient (Wildman–Crippen LogP) is 5.90. The Balaban J connectivity index is 1.52. The first-order valence-electron chi connectivity index (χ1n) is 10.0. The van der Waals surface area contributed by atoms with Crippen LogP contribution < -0.4 is 10.1 Å². The van der Waals surface area contributed by atoms with Crippen LogP contribution in [0.25, 0.3) is 10.8 Å². The molecule has 4 aromatic carbocycles. The summed E-state index contributed by atoms with van der Waals surface area (Å²) < 4.78 is 6.17. The average molecular weight is 418 g/mol. The van der Waals surface area contributed by atoms with Crippen LogP contribution in [0.4, 0.5) is 0 Å². The number of ether oxygens (including phenoxy) is 1. The number of benzene rings is 4. The van der Waals surface area contributed by atoms with E-state index < -0.39 is 6.10 Å². The molecule has 2 N–H and O–H groups in total. The van der Waals surface area contributed by atoms with Gasteiger partial charge in [-0.1, -0.05) is 90.5 Å². The van der Waals surface area contributed by atoms with Gasteiger partial charge in [0.1, 0.15) is 12.4 Å². The van der Waals surface area contributed by atoms with Gasteiger partial charge < -0.3 is 15.2 Å². The molecule has 0 fully saturated rings. The number of hydrogen-bond acceptors (Lipinski definition) is 3. The Morgan fingerprint density at radius 3 is 2.40 bits per heavy atom. The lowest BCUT2D eigenvalue weighted by atomic mass is 10.0. The molecule has 4 rings (SSSR count). The second kappa shape index (κ2) is 9.77. The molecule has 0 heterocycles. The van der Waals surface area contributed by atoms with E-state index in [1.165, 1.54) is 0 Å². The quantitative estimate of drug-likeness (QED) is 0.375. The van der Waals surface area contributed by atoms with E-state index >= 15 is 0 Å². The summed E-state index contributed by atoms with van der Waals surface area (Å²) >= 11 is 6.28. The Hall–Kier alpha value is -2.85. The summed E-state index contributed by atoms with van der Waals surface area (Å²) in [5, 5.41) is 16.8. The molecule has 30 heavy (non-hydrogen) atoms. The Kier molecular flexibility index (Phi) is 6.65. The zero-order valence-corrected chi connectivity index (χ0v) is 17.3. The number of rotatable bonds is 8. The standard InChI is InChI=1S/C26H24ClNO2/c27-24-13-7-5-11-21(24)18-30-26-15-14-19-8-4-6-12-22(19)23(26)16-28-17-25(29)20-9-2-1-3-10-20/h1-15,25,28-29H,16-18H2/t25-/m1/s1. The molecule has 4 aromatic rings. The zero-order valence-electron chi connectivity index (χ0n) is 16.6. The van der Waals surface area contributed by atoms with Crippen molar-refractivity contribution in [3.05, 3.63) is 113 Å². The molecule has 0 aliphatic carbocycles. The fourth-order valence-electron chi connectivity index (χ4n) is 3.53. The molecular weight excluding hydrogens is 394 g/mol. The third-order valence-electron chi connectivity index (χ3n) is 5.16. The molecule has 0 radical (unpaired) electrons. The highest BCUT2D eigenvalue weighted by molar-refractivity contribution is 6.31. The Morgan fingerprint density at radius 2 is 1.57 bits per heavy atom. The normalized spacial score (nSPS) is 12.1. The maximum atomic E-state index is 10.5. The Morgan fingerprint density at radius 1 is 0.833 bits per heavy atom. The summed E-state index contributed by atoms with van der Waals surface area (Å²) in [5.74, 6) is 0.815. The number of aliphatic hydroxyl groups excluding tert-OH is 1. The minimum absolute atomic E-state index is 0.400. The molecule has 0 saturated carbocycles. The molecule has 0 aliphatic heterocycles. The van der Waals surface area contributed by atoms with Gasteiger partial charge in [-0.05, 0) is 28.5 Å². The molecule has 0 aliphatic rings. The monoisotopic (exact) mass is 417 g/mol. The molecule has 1 atom stereocenters. The van der Waals surface area contributed by atoms with Crippen molar-refractivity contribution >= 4 is 22.4 Å². The van der Waals surface area contributed by atoms with Crippen LogP contribution in [0.1, 0.15) is 22.8 Å². The number of hydrogen-bond donors (Lipinski definition) is 2. The van der Waals surface area contributed by atoms with Gasteiger partial charge in [0.15, 0.2) is 0 Å². The third-order valence-corrected chi connectivity index (χ3v) is 5.53. The second-order valence-corrected chi connectivity index (χ2v) is 7.61. The van der Waals surface area contributed by atoms with E-state index in [2.05, 4.69) is 23.5 Å². The van der Waals surface area contributed by atoms with Crippen LogP contribution in [0.15, 0.2) is 91.0 Å². The lowest BCUT2D eigenvalue weighted by molar-refractivity contribution is 0.174. The van der Waals surface area contributed by atoms with Crippen LogP contribution in [0.5, 0.6) is 5.75 Å². The number of halogens is 1. The van der Waals surface area contributed by atoms with E-state index in [1.807, 2.05) is 72.8 Å². The molecule has 152 valence electrons. The first kappa shape index (κ1) is 20.4. The van der Waals surface area contributed by atoms with Gasteiger partial charge >= 0.3 is 0 Å². The topological polar surface area (TPSA) is 41.5 Å². The van der Waals surface area contributed by atoms with Crippen molar-refractivity contribution in [1.82, 2.24) is 5.32 Å². The summed E-state index contributed by atoms with van der Waals surface area (Å²) in [5.41, 5.74) is 2.92. The minimum atomic E-state index is -0.561. The van der Waals surface area contributed by atoms with E-state index in [0.29, 0.717) is 24.7 Å². The highest BCUT2D eigenvalue weighted by atomic mass is 35.5. The van der Waals surface area contributed by atoms with Gasteiger partial charge in [-0.3, -0.25) is 0 Å². The first-order valence-corrected chi connectivity index (χ1v) is 10.4. The largest absolute Gasteiger partial charge is 0.488 e.